The van der Waals surface area contributed by atoms with Crippen LogP contribution in [-0.4, -0.2) is 35.9 Å². The Balaban J connectivity index is 2.53. The van der Waals surface area contributed by atoms with Gasteiger partial charge in [-0.25, -0.2) is 9.48 Å². The number of hydrogen-bond acceptors (Lipinski definition) is 4. The maximum atomic E-state index is 11.3. The van der Waals surface area contributed by atoms with Crippen molar-refractivity contribution in [3.8, 4) is 0 Å². The largest absolute Gasteiger partial charge is 0.476 e. The molecule has 0 amide bonds. The summed E-state index contributed by atoms with van der Waals surface area (Å²) < 4.78 is 3.16. The van der Waals surface area contributed by atoms with Gasteiger partial charge in [-0.05, 0) is 6.92 Å². The number of aromatic nitrogens is 5. The Bertz CT molecular complexity index is 696. The van der Waals surface area contributed by atoms with Gasteiger partial charge in [0.05, 0.1) is 17.9 Å². The van der Waals surface area contributed by atoms with E-state index in [1.54, 1.807) is 16.4 Å². The monoisotopic (exact) mass is 311 g/mol. The Morgan fingerprint density at radius 1 is 1.38 bits per heavy atom. The third-order valence-electron chi connectivity index (χ3n) is 3.23. The van der Waals surface area contributed by atoms with Crippen molar-refractivity contribution in [1.29, 1.82) is 0 Å². The van der Waals surface area contributed by atoms with E-state index in [0.717, 1.165) is 11.3 Å². The van der Waals surface area contributed by atoms with Crippen molar-refractivity contribution in [2.75, 3.05) is 0 Å². The number of hydrogen-bond donors (Lipinski definition) is 1. The highest BCUT2D eigenvalue weighted by atomic mass is 35.5. The molecule has 0 aliphatic rings. The van der Waals surface area contributed by atoms with Gasteiger partial charge in [0.25, 0.3) is 0 Å². The molecule has 0 saturated heterocycles. The fraction of sp³-hybridized carbons (Fsp3) is 0.538. The van der Waals surface area contributed by atoms with Crippen molar-refractivity contribution in [3.63, 3.8) is 0 Å². The first-order valence-corrected chi connectivity index (χ1v) is 6.86. The van der Waals surface area contributed by atoms with Crippen LogP contribution in [0.3, 0.4) is 0 Å². The quantitative estimate of drug-likeness (QED) is 0.937. The Labute approximate surface area is 127 Å². The van der Waals surface area contributed by atoms with Crippen LogP contribution in [0.2, 0.25) is 5.15 Å². The van der Waals surface area contributed by atoms with Crippen LogP contribution in [0.4, 0.5) is 0 Å². The normalized spacial score (nSPS) is 11.9. The van der Waals surface area contributed by atoms with E-state index in [9.17, 15) is 9.90 Å². The molecule has 0 aliphatic heterocycles. The summed E-state index contributed by atoms with van der Waals surface area (Å²) in [4.78, 5) is 11.3. The number of halogens is 1. The van der Waals surface area contributed by atoms with Gasteiger partial charge in [-0.3, -0.25) is 4.68 Å². The fourth-order valence-electron chi connectivity index (χ4n) is 2.31. The van der Waals surface area contributed by atoms with Crippen molar-refractivity contribution >= 4 is 17.6 Å². The minimum atomic E-state index is -1.08. The van der Waals surface area contributed by atoms with Crippen molar-refractivity contribution in [3.05, 3.63) is 27.8 Å². The molecule has 2 aromatic heterocycles. The summed E-state index contributed by atoms with van der Waals surface area (Å²) in [5.74, 6) is -1.08. The van der Waals surface area contributed by atoms with E-state index in [4.69, 9.17) is 11.6 Å². The van der Waals surface area contributed by atoms with Crippen LogP contribution in [0, 0.1) is 6.92 Å². The molecular formula is C13H18ClN5O2. The van der Waals surface area contributed by atoms with E-state index >= 15 is 0 Å². The van der Waals surface area contributed by atoms with Gasteiger partial charge in [-0.2, -0.15) is 5.10 Å². The third-order valence-corrected chi connectivity index (χ3v) is 3.70. The lowest BCUT2D eigenvalue weighted by Gasteiger charge is -2.20. The molecule has 0 saturated carbocycles. The maximum absolute atomic E-state index is 11.3. The molecule has 8 heteroatoms. The molecule has 2 aromatic rings. The second-order valence-electron chi connectivity index (χ2n) is 5.98. The lowest BCUT2D eigenvalue weighted by atomic mass is 9.90. The molecule has 0 aliphatic carbocycles. The summed E-state index contributed by atoms with van der Waals surface area (Å²) in [5, 5.41) is 21.8. The zero-order chi connectivity index (χ0) is 15.9. The minimum Gasteiger partial charge on any atom is -0.476 e. The van der Waals surface area contributed by atoms with E-state index in [0.29, 0.717) is 17.4 Å². The molecule has 2 heterocycles. The smallest absolute Gasteiger partial charge is 0.358 e. The molecule has 21 heavy (non-hydrogen) atoms. The fourth-order valence-corrected chi connectivity index (χ4v) is 2.55. The highest BCUT2D eigenvalue weighted by Crippen LogP contribution is 2.27. The number of aromatic carboxylic acids is 1. The van der Waals surface area contributed by atoms with Crippen molar-refractivity contribution < 1.29 is 9.90 Å². The number of carbonyl (C=O) groups is 1. The lowest BCUT2D eigenvalue weighted by molar-refractivity contribution is 0.0687. The second-order valence-corrected chi connectivity index (χ2v) is 6.34. The Hall–Kier alpha value is -1.89. The standard InChI is InChI=1S/C13H18ClN5O2/c1-7-8(11(14)18(5)16-7)6-19-10(13(2,3)4)9(12(20)21)15-17-19/h6H2,1-5H3,(H,20,21). The summed E-state index contributed by atoms with van der Waals surface area (Å²) in [6.07, 6.45) is 0. The van der Waals surface area contributed by atoms with Crippen molar-refractivity contribution in [2.24, 2.45) is 7.05 Å². The maximum Gasteiger partial charge on any atom is 0.358 e. The van der Waals surface area contributed by atoms with E-state index in [1.807, 2.05) is 27.7 Å². The van der Waals surface area contributed by atoms with E-state index in [2.05, 4.69) is 15.4 Å². The predicted octanol–water partition coefficient (Wildman–Crippen LogP) is 2.02. The van der Waals surface area contributed by atoms with Crippen LogP contribution in [0.1, 0.15) is 48.2 Å². The number of nitrogens with zero attached hydrogens (tertiary/aromatic N) is 5. The summed E-state index contributed by atoms with van der Waals surface area (Å²) in [6, 6.07) is 0. The zero-order valence-corrected chi connectivity index (χ0v) is 13.4. The Kier molecular flexibility index (Phi) is 3.79. The zero-order valence-electron chi connectivity index (χ0n) is 12.7. The van der Waals surface area contributed by atoms with Gasteiger partial charge in [0, 0.05) is 18.0 Å². The molecule has 2 rings (SSSR count). The number of aryl methyl sites for hydroxylation is 2. The molecule has 0 fully saturated rings. The molecule has 0 bridgehead atoms. The second kappa shape index (κ2) is 5.14. The lowest BCUT2D eigenvalue weighted by Crippen LogP contribution is -2.22. The van der Waals surface area contributed by atoms with Gasteiger partial charge in [0.1, 0.15) is 5.15 Å². The highest BCUT2D eigenvalue weighted by molar-refractivity contribution is 6.30. The number of carboxylic acid groups (broad SMARTS) is 1. The van der Waals surface area contributed by atoms with Gasteiger partial charge in [-0.1, -0.05) is 37.6 Å². The van der Waals surface area contributed by atoms with Gasteiger partial charge in [-0.15, -0.1) is 5.10 Å². The van der Waals surface area contributed by atoms with Gasteiger partial charge in [0.2, 0.25) is 0 Å². The van der Waals surface area contributed by atoms with Crippen LogP contribution in [-0.2, 0) is 19.0 Å². The van der Waals surface area contributed by atoms with Gasteiger partial charge >= 0.3 is 5.97 Å². The van der Waals surface area contributed by atoms with E-state index < -0.39 is 11.4 Å². The molecule has 0 aromatic carbocycles. The molecule has 7 nitrogen and oxygen atoms in total. The van der Waals surface area contributed by atoms with Crippen LogP contribution in [0.5, 0.6) is 0 Å². The molecular weight excluding hydrogens is 294 g/mol. The first kappa shape index (κ1) is 15.5. The summed E-state index contributed by atoms with van der Waals surface area (Å²) in [6.45, 7) is 7.96. The molecule has 0 radical (unpaired) electrons. The average Bonchev–Trinajstić information content (AvgIpc) is 2.86. The number of rotatable bonds is 3. The van der Waals surface area contributed by atoms with E-state index in [-0.39, 0.29) is 5.69 Å². The average molecular weight is 312 g/mol. The molecule has 114 valence electrons. The van der Waals surface area contributed by atoms with Gasteiger partial charge < -0.3 is 5.11 Å². The van der Waals surface area contributed by atoms with Crippen molar-refractivity contribution in [1.82, 2.24) is 24.8 Å². The summed E-state index contributed by atoms with van der Waals surface area (Å²) >= 11 is 6.22. The summed E-state index contributed by atoms with van der Waals surface area (Å²) in [7, 11) is 1.76. The van der Waals surface area contributed by atoms with Gasteiger partial charge in [0.15, 0.2) is 5.69 Å². The highest BCUT2D eigenvalue weighted by Gasteiger charge is 2.29. The number of carboxylic acids is 1. The topological polar surface area (TPSA) is 85.8 Å². The van der Waals surface area contributed by atoms with Crippen LogP contribution in [0.15, 0.2) is 0 Å². The van der Waals surface area contributed by atoms with Crippen LogP contribution >= 0.6 is 11.6 Å². The summed E-state index contributed by atoms with van der Waals surface area (Å²) in [5.41, 5.74) is 1.73. The predicted molar refractivity (Wildman–Crippen MR) is 77.7 cm³/mol. The SMILES string of the molecule is Cc1nn(C)c(Cl)c1Cn1nnc(C(=O)O)c1C(C)(C)C. The Morgan fingerprint density at radius 3 is 2.43 bits per heavy atom. The van der Waals surface area contributed by atoms with Crippen LogP contribution < -0.4 is 0 Å². The van der Waals surface area contributed by atoms with Crippen molar-refractivity contribution in [2.45, 2.75) is 39.7 Å². The Morgan fingerprint density at radius 2 is 2.00 bits per heavy atom. The minimum absolute atomic E-state index is 0.0276. The first-order valence-electron chi connectivity index (χ1n) is 6.48. The van der Waals surface area contributed by atoms with E-state index in [1.165, 1.54) is 0 Å². The molecule has 0 spiro atoms. The first-order chi connectivity index (χ1) is 9.62. The van der Waals surface area contributed by atoms with Crippen LogP contribution in [0.25, 0.3) is 0 Å². The molecule has 1 N–H and O–H groups in total. The third kappa shape index (κ3) is 2.78. The molecule has 0 unspecified atom stereocenters. The molecule has 0 atom stereocenters.